The molecule has 0 aliphatic heterocycles. The van der Waals surface area contributed by atoms with Crippen molar-refractivity contribution in [2.24, 2.45) is 0 Å². The van der Waals surface area contributed by atoms with Crippen LogP contribution >= 0.6 is 0 Å². The summed E-state index contributed by atoms with van der Waals surface area (Å²) in [5, 5.41) is 18.1. The van der Waals surface area contributed by atoms with Gasteiger partial charge in [-0.1, -0.05) is 30.4 Å². The molecule has 0 radical (unpaired) electrons. The zero-order chi connectivity index (χ0) is 14.5. The number of carbonyl (C=O) groups is 2. The number of hydrogen-bond donors (Lipinski definition) is 3. The van der Waals surface area contributed by atoms with E-state index in [0.717, 1.165) is 0 Å². The zero-order valence-electron chi connectivity index (χ0n) is 10.7. The minimum atomic E-state index is -4.74. The molecular formula is C11H9NaO7S. The summed E-state index contributed by atoms with van der Waals surface area (Å²) in [6.07, 6.45) is 0.0879. The van der Waals surface area contributed by atoms with E-state index in [4.69, 9.17) is 14.8 Å². The Bertz CT molecular complexity index is 708. The molecule has 1 aromatic rings. The molecule has 2 rings (SSSR count). The molecule has 1 atom stereocenters. The van der Waals surface area contributed by atoms with E-state index in [9.17, 15) is 18.0 Å². The zero-order valence-corrected chi connectivity index (χ0v) is 13.5. The quantitative estimate of drug-likeness (QED) is 0.328. The van der Waals surface area contributed by atoms with Crippen LogP contribution < -0.4 is 29.6 Å². The van der Waals surface area contributed by atoms with E-state index in [-0.39, 0.29) is 52.7 Å². The van der Waals surface area contributed by atoms with Crippen LogP contribution in [0.2, 0.25) is 0 Å². The number of hydrogen-bond acceptors (Lipinski definition) is 4. The molecule has 2 bridgehead atoms. The Balaban J connectivity index is 0.00000200. The van der Waals surface area contributed by atoms with E-state index in [0.29, 0.717) is 0 Å². The van der Waals surface area contributed by atoms with Crippen molar-refractivity contribution in [2.75, 3.05) is 0 Å². The van der Waals surface area contributed by atoms with Gasteiger partial charge >= 0.3 is 35.5 Å². The summed E-state index contributed by atoms with van der Waals surface area (Å²) in [6, 6.07) is 2.11. The first-order chi connectivity index (χ1) is 8.64. The largest absolute Gasteiger partial charge is 1.00 e. The van der Waals surface area contributed by atoms with Crippen molar-refractivity contribution >= 4 is 22.1 Å². The summed E-state index contributed by atoms with van der Waals surface area (Å²) >= 11 is 0. The van der Waals surface area contributed by atoms with Crippen molar-refractivity contribution < 1.29 is 62.3 Å². The third-order valence-corrected chi connectivity index (χ3v) is 3.88. The van der Waals surface area contributed by atoms with E-state index in [2.05, 4.69) is 6.07 Å². The molecule has 0 saturated carbocycles. The molecule has 102 valence electrons. The first-order valence-corrected chi connectivity index (χ1v) is 6.64. The molecule has 0 heterocycles. The summed E-state index contributed by atoms with van der Waals surface area (Å²) < 4.78 is 31.6. The Kier molecular flexibility index (Phi) is 4.67. The topological polar surface area (TPSA) is 129 Å². The van der Waals surface area contributed by atoms with Gasteiger partial charge in [-0.25, -0.2) is 4.79 Å². The molecule has 1 aliphatic carbocycles. The number of aromatic carboxylic acids is 2. The molecule has 3 N–H and O–H groups in total. The minimum absolute atomic E-state index is 0. The van der Waals surface area contributed by atoms with Gasteiger partial charge in [0.15, 0.2) is 0 Å². The van der Waals surface area contributed by atoms with Crippen molar-refractivity contribution in [3.05, 3.63) is 28.3 Å². The molecule has 0 amide bonds. The van der Waals surface area contributed by atoms with Gasteiger partial charge in [-0.15, -0.1) is 11.6 Å². The first-order valence-electron chi connectivity index (χ1n) is 5.20. The fourth-order valence-corrected chi connectivity index (χ4v) is 3.18. The average molecular weight is 308 g/mol. The van der Waals surface area contributed by atoms with Crippen molar-refractivity contribution in [1.29, 1.82) is 0 Å². The van der Waals surface area contributed by atoms with Crippen LogP contribution in [0.4, 0.5) is 0 Å². The minimum Gasteiger partial charge on any atom is -0.521 e. The van der Waals surface area contributed by atoms with Gasteiger partial charge in [-0.3, -0.25) is 4.55 Å². The van der Waals surface area contributed by atoms with Crippen LogP contribution in [0, 0.1) is 6.07 Å². The second-order valence-corrected chi connectivity index (χ2v) is 5.65. The maximum atomic E-state index is 11.3. The number of benzene rings is 1. The summed E-state index contributed by atoms with van der Waals surface area (Å²) in [4.78, 5) is 21.5. The molecule has 9 heteroatoms. The molecule has 20 heavy (non-hydrogen) atoms. The van der Waals surface area contributed by atoms with Gasteiger partial charge in [-0.2, -0.15) is 8.42 Å². The van der Waals surface area contributed by atoms with Crippen LogP contribution in [0.3, 0.4) is 0 Å². The summed E-state index contributed by atoms with van der Waals surface area (Å²) in [5.74, 6) is -3.42. The first kappa shape index (κ1) is 17.1. The third kappa shape index (κ3) is 2.61. The number of carboxylic acid groups (broad SMARTS) is 2. The fraction of sp³-hybridized carbons (Fsp3) is 0.273. The van der Waals surface area contributed by atoms with Crippen LogP contribution in [-0.4, -0.2) is 35.1 Å². The number of carboxylic acids is 2. The Hall–Kier alpha value is -0.930. The van der Waals surface area contributed by atoms with Crippen molar-refractivity contribution in [3.63, 3.8) is 0 Å². The van der Waals surface area contributed by atoms with Crippen LogP contribution in [-0.2, 0) is 16.5 Å². The average Bonchev–Trinajstić information content (AvgIpc) is 2.48. The Morgan fingerprint density at radius 3 is 2.20 bits per heavy atom. The Labute approximate surface area is 136 Å². The Morgan fingerprint density at radius 2 is 1.80 bits per heavy atom. The molecule has 1 unspecified atom stereocenters. The second-order valence-electron chi connectivity index (χ2n) is 4.29. The van der Waals surface area contributed by atoms with E-state index in [1.54, 1.807) is 6.92 Å². The molecule has 0 fully saturated rings. The van der Waals surface area contributed by atoms with Crippen LogP contribution in [0.1, 0.15) is 44.7 Å². The molecule has 1 aliphatic rings. The van der Waals surface area contributed by atoms with Crippen molar-refractivity contribution in [3.8, 4) is 0 Å². The second kappa shape index (κ2) is 5.45. The van der Waals surface area contributed by atoms with Crippen molar-refractivity contribution in [1.82, 2.24) is 0 Å². The van der Waals surface area contributed by atoms with Crippen LogP contribution in [0.15, 0.2) is 4.90 Å². The monoisotopic (exact) mass is 308 g/mol. The maximum absolute atomic E-state index is 11.3. The maximum Gasteiger partial charge on any atom is 1.00 e. The van der Waals surface area contributed by atoms with Crippen LogP contribution in [0.5, 0.6) is 0 Å². The predicted octanol–water partition coefficient (Wildman–Crippen LogP) is -2.21. The molecule has 0 spiro atoms. The van der Waals surface area contributed by atoms with E-state index >= 15 is 0 Å². The standard InChI is InChI=1S/C11H9O7S.Na/c1-4-2-5-6(10(12)13)3-7(19(16,17)18)8(4)9(5)11(14)15;/h4H,2H2,1H3,(H,12,13)(H,14,15)(H,16,17,18);/q-1;+1. The van der Waals surface area contributed by atoms with Crippen LogP contribution in [0.25, 0.3) is 0 Å². The van der Waals surface area contributed by atoms with Gasteiger partial charge in [0.2, 0.25) is 5.97 Å². The molecule has 7 nitrogen and oxygen atoms in total. The number of fused-ring (bicyclic) bond motifs is 2. The normalized spacial score (nSPS) is 16.6. The van der Waals surface area contributed by atoms with Gasteiger partial charge in [0.1, 0.15) is 0 Å². The third-order valence-electron chi connectivity index (χ3n) is 3.04. The summed E-state index contributed by atoms with van der Waals surface area (Å²) in [7, 11) is -4.74. The van der Waals surface area contributed by atoms with Gasteiger partial charge in [0, 0.05) is 4.90 Å². The van der Waals surface area contributed by atoms with Gasteiger partial charge < -0.3 is 15.0 Å². The van der Waals surface area contributed by atoms with E-state index < -0.39 is 38.4 Å². The summed E-state index contributed by atoms with van der Waals surface area (Å²) in [5.41, 5.74) is -0.945. The molecule has 0 aromatic heterocycles. The van der Waals surface area contributed by atoms with Gasteiger partial charge in [-0.05, 0) is 5.56 Å². The smallest absolute Gasteiger partial charge is 0.521 e. The molecule has 0 saturated heterocycles. The van der Waals surface area contributed by atoms with Crippen molar-refractivity contribution in [2.45, 2.75) is 24.2 Å². The predicted molar refractivity (Wildman–Crippen MR) is 61.1 cm³/mol. The fourth-order valence-electron chi connectivity index (χ4n) is 2.37. The van der Waals surface area contributed by atoms with Gasteiger partial charge in [0.05, 0.1) is 0 Å². The molecular weight excluding hydrogens is 299 g/mol. The Morgan fingerprint density at radius 1 is 1.25 bits per heavy atom. The van der Waals surface area contributed by atoms with E-state index in [1.807, 2.05) is 0 Å². The number of rotatable bonds is 3. The SMILES string of the molecule is CC1Cc2c(C(=O)O)[c-]c(S(=O)(=O)O)c1c2C(=O)O.[Na+]. The summed E-state index contributed by atoms with van der Waals surface area (Å²) in [6.45, 7) is 1.56. The van der Waals surface area contributed by atoms with Gasteiger partial charge in [0.25, 0.3) is 10.1 Å². The van der Waals surface area contributed by atoms with E-state index in [1.165, 1.54) is 0 Å². The molecule has 1 aromatic carbocycles.